The highest BCUT2D eigenvalue weighted by molar-refractivity contribution is 6.28. The summed E-state index contributed by atoms with van der Waals surface area (Å²) in [5.41, 5.74) is 1.71. The highest BCUT2D eigenvalue weighted by Crippen LogP contribution is 2.39. The molecule has 1 saturated carbocycles. The van der Waals surface area contributed by atoms with Gasteiger partial charge in [0.15, 0.2) is 17.4 Å². The molecule has 2 heterocycles. The van der Waals surface area contributed by atoms with Crippen LogP contribution in [-0.2, 0) is 4.79 Å². The van der Waals surface area contributed by atoms with Crippen LogP contribution in [0.5, 0.6) is 0 Å². The fourth-order valence-corrected chi connectivity index (χ4v) is 4.52. The minimum atomic E-state index is -0.297. The summed E-state index contributed by atoms with van der Waals surface area (Å²) in [7, 11) is 5.50. The molecule has 1 amide bonds. The van der Waals surface area contributed by atoms with Gasteiger partial charge in [0.1, 0.15) is 11.7 Å². The van der Waals surface area contributed by atoms with Crippen LogP contribution in [0.3, 0.4) is 0 Å². The molecular formula is C24H29N5O2. The zero-order chi connectivity index (χ0) is 22.1. The summed E-state index contributed by atoms with van der Waals surface area (Å²) in [4.78, 5) is 41.2. The van der Waals surface area contributed by atoms with Gasteiger partial charge in [-0.15, -0.1) is 0 Å². The molecule has 1 aliphatic carbocycles. The van der Waals surface area contributed by atoms with Crippen molar-refractivity contribution in [1.29, 1.82) is 0 Å². The van der Waals surface area contributed by atoms with Gasteiger partial charge in [-0.2, -0.15) is 0 Å². The van der Waals surface area contributed by atoms with Crippen LogP contribution in [0.25, 0.3) is 5.57 Å². The van der Waals surface area contributed by atoms with E-state index in [1.807, 2.05) is 44.1 Å². The topological polar surface area (TPSA) is 69.6 Å². The van der Waals surface area contributed by atoms with Crippen molar-refractivity contribution in [1.82, 2.24) is 14.9 Å². The molecule has 1 atom stereocenters. The third kappa shape index (κ3) is 3.92. The highest BCUT2D eigenvalue weighted by atomic mass is 16.2. The fourth-order valence-electron chi connectivity index (χ4n) is 4.52. The van der Waals surface area contributed by atoms with Gasteiger partial charge in [-0.25, -0.2) is 9.97 Å². The number of likely N-dealkylation sites (N-methyl/N-ethyl adjacent to an activating group) is 1. The molecule has 1 aromatic carbocycles. The smallest absolute Gasteiger partial charge is 0.249 e. The van der Waals surface area contributed by atoms with Gasteiger partial charge in [0, 0.05) is 38.9 Å². The third-order valence-electron chi connectivity index (χ3n) is 6.09. The Morgan fingerprint density at radius 2 is 1.84 bits per heavy atom. The Hall–Kier alpha value is -3.22. The molecule has 0 N–H and O–H groups in total. The highest BCUT2D eigenvalue weighted by Gasteiger charge is 2.40. The number of nitrogens with zero attached hydrogens (tertiary/aromatic N) is 5. The Bertz CT molecular complexity index is 1010. The van der Waals surface area contributed by atoms with E-state index < -0.39 is 0 Å². The number of rotatable bonds is 5. The summed E-state index contributed by atoms with van der Waals surface area (Å²) in [5.74, 6) is 1.02. The number of fused-ring (bicyclic) bond motifs is 1. The average Bonchev–Trinajstić information content (AvgIpc) is 3.30. The minimum Gasteiger partial charge on any atom is -0.383 e. The molecular weight excluding hydrogens is 390 g/mol. The lowest BCUT2D eigenvalue weighted by molar-refractivity contribution is -0.119. The lowest BCUT2D eigenvalue weighted by atomic mass is 10.0. The number of carbonyl (C=O) groups excluding carboxylic acids is 2. The Morgan fingerprint density at radius 1 is 1.16 bits per heavy atom. The minimum absolute atomic E-state index is 0.0418. The van der Waals surface area contributed by atoms with E-state index in [0.717, 1.165) is 31.5 Å². The van der Waals surface area contributed by atoms with Crippen LogP contribution in [0.2, 0.25) is 0 Å². The Labute approximate surface area is 183 Å². The van der Waals surface area contributed by atoms with E-state index in [0.29, 0.717) is 22.6 Å². The van der Waals surface area contributed by atoms with Crippen molar-refractivity contribution in [3.8, 4) is 0 Å². The van der Waals surface area contributed by atoms with Crippen molar-refractivity contribution in [3.63, 3.8) is 0 Å². The molecule has 0 radical (unpaired) electrons. The number of anilines is 2. The van der Waals surface area contributed by atoms with E-state index in [2.05, 4.69) is 9.88 Å². The number of benzene rings is 1. The van der Waals surface area contributed by atoms with E-state index in [1.165, 1.54) is 0 Å². The standard InChI is InChI=1S/C24H29N5O2/c1-16-24(31)28(4)20-14-25-22(26-23(20)29(16)18-12-8-9-13-18)19(15-27(2)3)21(30)17-10-6-5-7-11-17/h5-7,10-11,14-16,18H,8-9,12-13H2,1-4H3/b19-15+/t16-/m1/s1. The predicted molar refractivity (Wildman–Crippen MR) is 122 cm³/mol. The first-order valence-corrected chi connectivity index (χ1v) is 10.8. The number of ketones is 1. The largest absolute Gasteiger partial charge is 0.383 e. The van der Waals surface area contributed by atoms with Crippen molar-refractivity contribution in [2.45, 2.75) is 44.7 Å². The van der Waals surface area contributed by atoms with Crippen molar-refractivity contribution in [2.75, 3.05) is 30.9 Å². The van der Waals surface area contributed by atoms with Gasteiger partial charge in [0.25, 0.3) is 0 Å². The van der Waals surface area contributed by atoms with Gasteiger partial charge < -0.3 is 14.7 Å². The maximum atomic E-state index is 13.3. The van der Waals surface area contributed by atoms with E-state index in [-0.39, 0.29) is 23.8 Å². The van der Waals surface area contributed by atoms with Crippen LogP contribution >= 0.6 is 0 Å². The van der Waals surface area contributed by atoms with Crippen molar-refractivity contribution < 1.29 is 9.59 Å². The van der Waals surface area contributed by atoms with Gasteiger partial charge >= 0.3 is 0 Å². The van der Waals surface area contributed by atoms with Gasteiger partial charge in [-0.1, -0.05) is 43.2 Å². The second kappa shape index (κ2) is 8.49. The molecule has 0 spiro atoms. The normalized spacial score (nSPS) is 19.5. The summed E-state index contributed by atoms with van der Waals surface area (Å²) in [6.45, 7) is 1.94. The van der Waals surface area contributed by atoms with Crippen LogP contribution in [0.4, 0.5) is 11.5 Å². The second-order valence-corrected chi connectivity index (χ2v) is 8.52. The summed E-state index contributed by atoms with van der Waals surface area (Å²) in [6.07, 6.45) is 7.84. The van der Waals surface area contributed by atoms with Gasteiger partial charge in [0.2, 0.25) is 5.91 Å². The predicted octanol–water partition coefficient (Wildman–Crippen LogP) is 3.38. The second-order valence-electron chi connectivity index (χ2n) is 8.52. The molecule has 2 aliphatic rings. The zero-order valence-electron chi connectivity index (χ0n) is 18.6. The molecule has 31 heavy (non-hydrogen) atoms. The molecule has 2 aromatic rings. The monoisotopic (exact) mass is 419 g/mol. The Kier molecular flexibility index (Phi) is 5.76. The summed E-state index contributed by atoms with van der Waals surface area (Å²) in [5, 5.41) is 0. The number of Topliss-reactive ketones (excluding diaryl/α,β-unsaturated/α-hetero) is 1. The van der Waals surface area contributed by atoms with Crippen molar-refractivity contribution in [3.05, 3.63) is 54.1 Å². The Balaban J connectivity index is 1.82. The first kappa shape index (κ1) is 21.0. The van der Waals surface area contributed by atoms with Gasteiger partial charge in [-0.05, 0) is 19.8 Å². The molecule has 0 saturated heterocycles. The van der Waals surface area contributed by atoms with Gasteiger partial charge in [0.05, 0.1) is 11.8 Å². The maximum Gasteiger partial charge on any atom is 0.249 e. The van der Waals surface area contributed by atoms with E-state index in [4.69, 9.17) is 4.98 Å². The maximum absolute atomic E-state index is 13.3. The van der Waals surface area contributed by atoms with Crippen LogP contribution in [0.1, 0.15) is 48.8 Å². The average molecular weight is 420 g/mol. The SMILES string of the molecule is C[C@@H]1C(=O)N(C)c2cnc(/C(=C/N(C)C)C(=O)c3ccccc3)nc2N1C1CCCC1. The number of amides is 1. The summed E-state index contributed by atoms with van der Waals surface area (Å²) in [6, 6.07) is 9.15. The fraction of sp³-hybridized carbons (Fsp3) is 0.417. The third-order valence-corrected chi connectivity index (χ3v) is 6.09. The molecule has 4 rings (SSSR count). The molecule has 162 valence electrons. The number of hydrogen-bond donors (Lipinski definition) is 0. The first-order valence-electron chi connectivity index (χ1n) is 10.8. The number of aromatic nitrogens is 2. The number of hydrogen-bond acceptors (Lipinski definition) is 6. The molecule has 7 nitrogen and oxygen atoms in total. The zero-order valence-corrected chi connectivity index (χ0v) is 18.6. The Morgan fingerprint density at radius 3 is 2.48 bits per heavy atom. The lowest BCUT2D eigenvalue weighted by Crippen LogP contribution is -2.54. The van der Waals surface area contributed by atoms with Crippen LogP contribution in [0, 0.1) is 0 Å². The van der Waals surface area contributed by atoms with Crippen LogP contribution < -0.4 is 9.80 Å². The lowest BCUT2D eigenvalue weighted by Gasteiger charge is -2.42. The van der Waals surface area contributed by atoms with Crippen LogP contribution in [0.15, 0.2) is 42.7 Å². The summed E-state index contributed by atoms with van der Waals surface area (Å²) >= 11 is 0. The number of carbonyl (C=O) groups is 2. The van der Waals surface area contributed by atoms with E-state index in [9.17, 15) is 9.59 Å². The number of allylic oxidation sites excluding steroid dienone is 1. The molecule has 1 fully saturated rings. The first-order chi connectivity index (χ1) is 14.9. The van der Waals surface area contributed by atoms with Crippen molar-refractivity contribution in [2.24, 2.45) is 0 Å². The molecule has 0 unspecified atom stereocenters. The molecule has 1 aromatic heterocycles. The summed E-state index contributed by atoms with van der Waals surface area (Å²) < 4.78 is 0. The van der Waals surface area contributed by atoms with Gasteiger partial charge in [-0.3, -0.25) is 9.59 Å². The molecule has 1 aliphatic heterocycles. The van der Waals surface area contributed by atoms with Crippen LogP contribution in [-0.4, -0.2) is 59.8 Å². The van der Waals surface area contributed by atoms with E-state index >= 15 is 0 Å². The quantitative estimate of drug-likeness (QED) is 0.547. The molecule has 7 heteroatoms. The van der Waals surface area contributed by atoms with E-state index in [1.54, 1.807) is 36.5 Å². The van der Waals surface area contributed by atoms with Crippen molar-refractivity contribution >= 4 is 28.8 Å². The molecule has 0 bridgehead atoms.